The number of nitrogens with two attached hydrogens (primary N) is 1. The van der Waals surface area contributed by atoms with Crippen LogP contribution in [0.1, 0.15) is 5.69 Å². The molecule has 4 heteroatoms. The average Bonchev–Trinajstić information content (AvgIpc) is 3.07. The van der Waals surface area contributed by atoms with E-state index in [1.165, 1.54) is 0 Å². The van der Waals surface area contributed by atoms with Gasteiger partial charge in [0, 0.05) is 17.7 Å². The van der Waals surface area contributed by atoms with Crippen LogP contribution in [-0.2, 0) is 6.54 Å². The van der Waals surface area contributed by atoms with Crippen LogP contribution in [0, 0.1) is 0 Å². The van der Waals surface area contributed by atoms with E-state index >= 15 is 0 Å². The van der Waals surface area contributed by atoms with Gasteiger partial charge in [-0.15, -0.1) is 0 Å². The average molecular weight is 300 g/mol. The molecule has 0 fully saturated rings. The molecule has 0 atom stereocenters. The quantitative estimate of drug-likeness (QED) is 0.630. The molecule has 4 aromatic rings. The van der Waals surface area contributed by atoms with Gasteiger partial charge in [-0.3, -0.25) is 9.38 Å². The molecule has 0 saturated heterocycles. The van der Waals surface area contributed by atoms with E-state index in [2.05, 4.69) is 38.6 Å². The number of nitrogens with zero attached hydrogens (tertiary/aromatic N) is 3. The van der Waals surface area contributed by atoms with Gasteiger partial charge in [-0.25, -0.2) is 4.98 Å². The number of hydrogen-bond acceptors (Lipinski definition) is 3. The molecule has 2 aromatic carbocycles. The smallest absolute Gasteiger partial charge is 0.160 e. The third kappa shape index (κ3) is 2.29. The fourth-order valence-corrected chi connectivity index (χ4v) is 2.82. The molecule has 0 unspecified atom stereocenters. The first kappa shape index (κ1) is 13.7. The summed E-state index contributed by atoms with van der Waals surface area (Å²) in [5, 5.41) is 0. The zero-order chi connectivity index (χ0) is 15.6. The molecule has 23 heavy (non-hydrogen) atoms. The maximum absolute atomic E-state index is 5.84. The van der Waals surface area contributed by atoms with Crippen LogP contribution < -0.4 is 5.73 Å². The monoisotopic (exact) mass is 300 g/mol. The standard InChI is InChI=1S/C19H16N4/c20-11-16-19-22-13-18(15-9-5-2-6-10-15)23(19)17(12-21-16)14-7-3-1-4-8-14/h1-10,12-13H,11,20H2. The Morgan fingerprint density at radius 1 is 0.739 bits per heavy atom. The zero-order valence-electron chi connectivity index (χ0n) is 12.6. The Bertz CT molecular complexity index is 943. The van der Waals surface area contributed by atoms with Gasteiger partial charge in [-0.05, 0) is 0 Å². The number of fused-ring (bicyclic) bond motifs is 1. The maximum Gasteiger partial charge on any atom is 0.160 e. The van der Waals surface area contributed by atoms with E-state index in [1.807, 2.05) is 48.8 Å². The summed E-state index contributed by atoms with van der Waals surface area (Å²) in [7, 11) is 0. The molecule has 2 heterocycles. The predicted molar refractivity (Wildman–Crippen MR) is 91.8 cm³/mol. The van der Waals surface area contributed by atoms with Gasteiger partial charge in [-0.2, -0.15) is 0 Å². The minimum absolute atomic E-state index is 0.365. The molecule has 0 aliphatic heterocycles. The van der Waals surface area contributed by atoms with Gasteiger partial charge >= 0.3 is 0 Å². The SMILES string of the molecule is NCc1ncc(-c2ccccc2)n2c(-c3ccccc3)cnc12. The van der Waals surface area contributed by atoms with Crippen LogP contribution >= 0.6 is 0 Å². The second kappa shape index (κ2) is 5.66. The van der Waals surface area contributed by atoms with Crippen LogP contribution in [0.2, 0.25) is 0 Å². The van der Waals surface area contributed by atoms with Crippen molar-refractivity contribution in [2.24, 2.45) is 5.73 Å². The van der Waals surface area contributed by atoms with Crippen LogP contribution in [0.4, 0.5) is 0 Å². The first-order chi connectivity index (χ1) is 11.4. The summed E-state index contributed by atoms with van der Waals surface area (Å²) in [4.78, 5) is 9.07. The highest BCUT2D eigenvalue weighted by molar-refractivity contribution is 5.71. The second-order valence-electron chi connectivity index (χ2n) is 5.33. The molecule has 0 aliphatic rings. The van der Waals surface area contributed by atoms with E-state index in [9.17, 15) is 0 Å². The number of imidazole rings is 1. The fourth-order valence-electron chi connectivity index (χ4n) is 2.82. The lowest BCUT2D eigenvalue weighted by atomic mass is 10.1. The Labute approximate surface area is 134 Å². The normalized spacial score (nSPS) is 11.0. The molecule has 0 bridgehead atoms. The summed E-state index contributed by atoms with van der Waals surface area (Å²) in [5.41, 5.74) is 11.7. The van der Waals surface area contributed by atoms with E-state index in [-0.39, 0.29) is 0 Å². The van der Waals surface area contributed by atoms with Crippen LogP contribution in [0.15, 0.2) is 73.1 Å². The van der Waals surface area contributed by atoms with Crippen molar-refractivity contribution >= 4 is 5.65 Å². The first-order valence-electron chi connectivity index (χ1n) is 7.54. The largest absolute Gasteiger partial charge is 0.325 e. The zero-order valence-corrected chi connectivity index (χ0v) is 12.6. The Morgan fingerprint density at radius 3 is 1.78 bits per heavy atom. The molecule has 4 nitrogen and oxygen atoms in total. The van der Waals surface area contributed by atoms with Crippen molar-refractivity contribution in [3.05, 3.63) is 78.8 Å². The highest BCUT2D eigenvalue weighted by Gasteiger charge is 2.14. The summed E-state index contributed by atoms with van der Waals surface area (Å²) in [6.45, 7) is 0.365. The molecule has 0 amide bonds. The van der Waals surface area contributed by atoms with Crippen LogP contribution in [-0.4, -0.2) is 14.4 Å². The van der Waals surface area contributed by atoms with Crippen molar-refractivity contribution in [2.75, 3.05) is 0 Å². The van der Waals surface area contributed by atoms with E-state index < -0.39 is 0 Å². The van der Waals surface area contributed by atoms with E-state index in [0.717, 1.165) is 33.9 Å². The molecule has 112 valence electrons. The lowest BCUT2D eigenvalue weighted by Gasteiger charge is -2.11. The third-order valence-corrected chi connectivity index (χ3v) is 3.94. The molecule has 0 spiro atoms. The number of aromatic nitrogens is 3. The molecule has 0 saturated carbocycles. The van der Waals surface area contributed by atoms with Crippen LogP contribution in [0.25, 0.3) is 28.2 Å². The summed E-state index contributed by atoms with van der Waals surface area (Å²) in [6, 6.07) is 20.5. The Morgan fingerprint density at radius 2 is 1.26 bits per heavy atom. The van der Waals surface area contributed by atoms with Gasteiger partial charge in [0.25, 0.3) is 0 Å². The van der Waals surface area contributed by atoms with Gasteiger partial charge in [0.1, 0.15) is 0 Å². The van der Waals surface area contributed by atoms with Crippen molar-refractivity contribution in [2.45, 2.75) is 6.54 Å². The van der Waals surface area contributed by atoms with Crippen molar-refractivity contribution in [3.8, 4) is 22.5 Å². The summed E-state index contributed by atoms with van der Waals surface area (Å²) >= 11 is 0. The minimum atomic E-state index is 0.365. The summed E-state index contributed by atoms with van der Waals surface area (Å²) < 4.78 is 2.14. The minimum Gasteiger partial charge on any atom is -0.325 e. The highest BCUT2D eigenvalue weighted by atomic mass is 15.1. The van der Waals surface area contributed by atoms with Crippen LogP contribution in [0.3, 0.4) is 0 Å². The molecule has 2 aromatic heterocycles. The maximum atomic E-state index is 5.84. The number of benzene rings is 2. The molecular weight excluding hydrogens is 284 g/mol. The van der Waals surface area contributed by atoms with Crippen molar-refractivity contribution < 1.29 is 0 Å². The van der Waals surface area contributed by atoms with Crippen molar-refractivity contribution in [1.82, 2.24) is 14.4 Å². The van der Waals surface area contributed by atoms with Gasteiger partial charge < -0.3 is 5.73 Å². The Balaban J connectivity index is 2.06. The molecular formula is C19H16N4. The Hall–Kier alpha value is -2.98. The summed E-state index contributed by atoms with van der Waals surface area (Å²) in [6.07, 6.45) is 3.76. The number of rotatable bonds is 3. The second-order valence-corrected chi connectivity index (χ2v) is 5.33. The van der Waals surface area contributed by atoms with E-state index in [0.29, 0.717) is 6.54 Å². The molecule has 4 rings (SSSR count). The van der Waals surface area contributed by atoms with Crippen molar-refractivity contribution in [1.29, 1.82) is 0 Å². The lowest BCUT2D eigenvalue weighted by Crippen LogP contribution is -2.05. The fraction of sp³-hybridized carbons (Fsp3) is 0.0526. The summed E-state index contributed by atoms with van der Waals surface area (Å²) in [5.74, 6) is 0. The molecule has 0 radical (unpaired) electrons. The van der Waals surface area contributed by atoms with Crippen molar-refractivity contribution in [3.63, 3.8) is 0 Å². The third-order valence-electron chi connectivity index (χ3n) is 3.94. The first-order valence-corrected chi connectivity index (χ1v) is 7.54. The van der Waals surface area contributed by atoms with Crippen LogP contribution in [0.5, 0.6) is 0 Å². The van der Waals surface area contributed by atoms with Gasteiger partial charge in [0.2, 0.25) is 0 Å². The number of hydrogen-bond donors (Lipinski definition) is 1. The molecule has 0 aliphatic carbocycles. The lowest BCUT2D eigenvalue weighted by molar-refractivity contribution is 0.967. The predicted octanol–water partition coefficient (Wildman–Crippen LogP) is 3.52. The van der Waals surface area contributed by atoms with E-state index in [1.54, 1.807) is 0 Å². The van der Waals surface area contributed by atoms with Gasteiger partial charge in [0.15, 0.2) is 5.65 Å². The van der Waals surface area contributed by atoms with Gasteiger partial charge in [-0.1, -0.05) is 60.7 Å². The topological polar surface area (TPSA) is 56.2 Å². The van der Waals surface area contributed by atoms with Gasteiger partial charge in [0.05, 0.1) is 29.5 Å². The van der Waals surface area contributed by atoms with E-state index in [4.69, 9.17) is 5.73 Å². The Kier molecular flexibility index (Phi) is 3.37. The highest BCUT2D eigenvalue weighted by Crippen LogP contribution is 2.28. The molecule has 2 N–H and O–H groups in total.